The molecule has 0 atom stereocenters. The maximum absolute atomic E-state index is 12.4. The summed E-state index contributed by atoms with van der Waals surface area (Å²) >= 11 is 8.94. The molecule has 0 spiro atoms. The monoisotopic (exact) mass is 381 g/mol. The zero-order valence-corrected chi connectivity index (χ0v) is 12.8. The molecule has 0 aliphatic rings. The second kappa shape index (κ2) is 6.07. The molecule has 0 fully saturated rings. The average Bonchev–Trinajstić information content (AvgIpc) is 2.36. The molecule has 1 N–H and O–H groups in total. The fraction of sp³-hybridized carbons (Fsp3) is 0.167. The Kier molecular flexibility index (Phi) is 4.58. The number of aromatic nitrogens is 2. The lowest BCUT2D eigenvalue weighted by molar-refractivity contribution is -0.274. The van der Waals surface area contributed by atoms with E-state index >= 15 is 0 Å². The number of hydrogen-bond donors (Lipinski definition) is 1. The summed E-state index contributed by atoms with van der Waals surface area (Å²) in [4.78, 5) is 7.71. The normalized spacial score (nSPS) is 11.3. The molecule has 9 heteroatoms. The predicted molar refractivity (Wildman–Crippen MR) is 75.9 cm³/mol. The van der Waals surface area contributed by atoms with Crippen molar-refractivity contribution in [2.24, 2.45) is 0 Å². The molecule has 1 heterocycles. The summed E-state index contributed by atoms with van der Waals surface area (Å²) in [5.41, 5.74) is 0.619. The maximum atomic E-state index is 12.4. The maximum Gasteiger partial charge on any atom is 0.573 e. The van der Waals surface area contributed by atoms with Gasteiger partial charge in [0.2, 0.25) is 0 Å². The van der Waals surface area contributed by atoms with Gasteiger partial charge in [0, 0.05) is 10.0 Å². The third kappa shape index (κ3) is 4.21. The van der Waals surface area contributed by atoms with E-state index in [2.05, 4.69) is 36.0 Å². The van der Waals surface area contributed by atoms with Gasteiger partial charge >= 0.3 is 6.36 Å². The molecule has 0 amide bonds. The van der Waals surface area contributed by atoms with Crippen LogP contribution in [0.5, 0.6) is 5.75 Å². The highest BCUT2D eigenvalue weighted by molar-refractivity contribution is 9.10. The number of nitrogens with zero attached hydrogens (tertiary/aromatic N) is 2. The third-order valence-electron chi connectivity index (χ3n) is 2.44. The third-order valence-corrected chi connectivity index (χ3v) is 3.32. The van der Waals surface area contributed by atoms with Gasteiger partial charge in [-0.25, -0.2) is 9.97 Å². The molecule has 1 aromatic carbocycles. The highest BCUT2D eigenvalue weighted by Gasteiger charge is 2.32. The van der Waals surface area contributed by atoms with Gasteiger partial charge in [-0.05, 0) is 25.1 Å². The van der Waals surface area contributed by atoms with Crippen LogP contribution in [0, 0.1) is 6.92 Å². The van der Waals surface area contributed by atoms with Crippen LogP contribution in [0.2, 0.25) is 5.15 Å². The first kappa shape index (κ1) is 15.8. The smallest absolute Gasteiger partial charge is 0.404 e. The van der Waals surface area contributed by atoms with E-state index in [9.17, 15) is 13.2 Å². The van der Waals surface area contributed by atoms with Crippen LogP contribution in [-0.4, -0.2) is 16.3 Å². The second-order valence-electron chi connectivity index (χ2n) is 3.95. The van der Waals surface area contributed by atoms with E-state index in [0.717, 1.165) is 0 Å². The molecule has 0 aliphatic carbocycles. The Morgan fingerprint density at radius 2 is 2.00 bits per heavy atom. The zero-order chi connectivity index (χ0) is 15.6. The first-order valence-electron chi connectivity index (χ1n) is 5.55. The molecule has 112 valence electrons. The van der Waals surface area contributed by atoms with Gasteiger partial charge in [0.15, 0.2) is 5.75 Å². The number of nitrogens with one attached hydrogen (secondary N) is 1. The largest absolute Gasteiger partial charge is 0.573 e. The van der Waals surface area contributed by atoms with Crippen LogP contribution in [0.15, 0.2) is 29.0 Å². The number of halogens is 5. The highest BCUT2D eigenvalue weighted by atomic mass is 79.9. The number of alkyl halides is 3. The quantitative estimate of drug-likeness (QED) is 0.772. The minimum Gasteiger partial charge on any atom is -0.404 e. The number of benzene rings is 1. The summed E-state index contributed by atoms with van der Waals surface area (Å²) in [5, 5.41) is 2.96. The predicted octanol–water partition coefficient (Wildman–Crippen LogP) is 4.84. The Hall–Kier alpha value is -1.54. The Morgan fingerprint density at radius 3 is 2.67 bits per heavy atom. The van der Waals surface area contributed by atoms with Gasteiger partial charge in [0.05, 0.1) is 5.69 Å². The number of ether oxygens (including phenoxy) is 1. The summed E-state index contributed by atoms with van der Waals surface area (Å²) in [6.07, 6.45) is -3.59. The minimum atomic E-state index is -4.80. The summed E-state index contributed by atoms with van der Waals surface area (Å²) in [5.74, 6) is -0.0876. The van der Waals surface area contributed by atoms with E-state index in [1.54, 1.807) is 13.0 Å². The van der Waals surface area contributed by atoms with E-state index in [0.29, 0.717) is 15.9 Å². The highest BCUT2D eigenvalue weighted by Crippen LogP contribution is 2.35. The van der Waals surface area contributed by atoms with Gasteiger partial charge in [0.25, 0.3) is 0 Å². The molecule has 0 saturated carbocycles. The van der Waals surface area contributed by atoms with E-state index in [4.69, 9.17) is 11.6 Å². The summed E-state index contributed by atoms with van der Waals surface area (Å²) in [6, 6.07) is 4.21. The Balaban J connectivity index is 2.37. The standard InChI is InChI=1S/C12H8BrClF3N3O/c1-6-10(14)18-5-19-11(6)20-8-3-2-7(13)4-9(8)21-12(15,16)17/h2-5H,1H3,(H,18,19,20). The average molecular weight is 383 g/mol. The summed E-state index contributed by atoms with van der Waals surface area (Å²) in [7, 11) is 0. The summed E-state index contributed by atoms with van der Waals surface area (Å²) in [6.45, 7) is 1.65. The molecule has 0 radical (unpaired) electrons. The lowest BCUT2D eigenvalue weighted by atomic mass is 10.2. The first-order chi connectivity index (χ1) is 9.76. The second-order valence-corrected chi connectivity index (χ2v) is 5.23. The van der Waals surface area contributed by atoms with Gasteiger partial charge in [0.1, 0.15) is 17.3 Å². The van der Waals surface area contributed by atoms with Crippen molar-refractivity contribution in [1.82, 2.24) is 9.97 Å². The Labute approximate surface area is 131 Å². The van der Waals surface area contributed by atoms with Crippen molar-refractivity contribution in [2.75, 3.05) is 5.32 Å². The molecular weight excluding hydrogens is 375 g/mol. The molecule has 2 aromatic rings. The molecule has 2 rings (SSSR count). The molecule has 1 aromatic heterocycles. The number of hydrogen-bond acceptors (Lipinski definition) is 4. The van der Waals surface area contributed by atoms with Gasteiger partial charge in [-0.15, -0.1) is 13.2 Å². The topological polar surface area (TPSA) is 47.0 Å². The van der Waals surface area contributed by atoms with Crippen molar-refractivity contribution in [1.29, 1.82) is 0 Å². The van der Waals surface area contributed by atoms with Crippen LogP contribution in [0.4, 0.5) is 24.7 Å². The molecular formula is C12H8BrClF3N3O. The zero-order valence-electron chi connectivity index (χ0n) is 10.5. The van der Waals surface area contributed by atoms with Crippen molar-refractivity contribution >= 4 is 39.0 Å². The first-order valence-corrected chi connectivity index (χ1v) is 6.73. The Morgan fingerprint density at radius 1 is 1.29 bits per heavy atom. The van der Waals surface area contributed by atoms with Crippen molar-refractivity contribution in [2.45, 2.75) is 13.3 Å². The Bertz CT molecular complexity index is 667. The van der Waals surface area contributed by atoms with Gasteiger partial charge in [-0.2, -0.15) is 0 Å². The number of anilines is 2. The van der Waals surface area contributed by atoms with Crippen molar-refractivity contribution in [3.05, 3.63) is 39.7 Å². The van der Waals surface area contributed by atoms with Gasteiger partial charge in [-0.1, -0.05) is 27.5 Å². The van der Waals surface area contributed by atoms with Crippen LogP contribution < -0.4 is 10.1 Å². The SMILES string of the molecule is Cc1c(Cl)ncnc1Nc1ccc(Br)cc1OC(F)(F)F. The van der Waals surface area contributed by atoms with Gasteiger partial charge < -0.3 is 10.1 Å². The molecule has 0 aliphatic heterocycles. The minimum absolute atomic E-state index is 0.105. The molecule has 0 unspecified atom stereocenters. The number of rotatable bonds is 3. The fourth-order valence-corrected chi connectivity index (χ4v) is 1.96. The van der Waals surface area contributed by atoms with Crippen LogP contribution >= 0.6 is 27.5 Å². The lowest BCUT2D eigenvalue weighted by Crippen LogP contribution is -2.18. The molecule has 0 saturated heterocycles. The molecule has 4 nitrogen and oxygen atoms in total. The van der Waals surface area contributed by atoms with Crippen LogP contribution in [0.25, 0.3) is 0 Å². The molecule has 21 heavy (non-hydrogen) atoms. The van der Waals surface area contributed by atoms with Crippen molar-refractivity contribution in [3.8, 4) is 5.75 Å². The molecule has 0 bridgehead atoms. The van der Waals surface area contributed by atoms with E-state index in [1.807, 2.05) is 0 Å². The van der Waals surface area contributed by atoms with E-state index in [1.165, 1.54) is 18.5 Å². The summed E-state index contributed by atoms with van der Waals surface area (Å²) < 4.78 is 41.7. The van der Waals surface area contributed by atoms with E-state index < -0.39 is 6.36 Å². The van der Waals surface area contributed by atoms with Crippen LogP contribution in [0.1, 0.15) is 5.56 Å². The van der Waals surface area contributed by atoms with Crippen molar-refractivity contribution < 1.29 is 17.9 Å². The van der Waals surface area contributed by atoms with E-state index in [-0.39, 0.29) is 16.6 Å². The van der Waals surface area contributed by atoms with Crippen LogP contribution in [0.3, 0.4) is 0 Å². The van der Waals surface area contributed by atoms with Crippen LogP contribution in [-0.2, 0) is 0 Å². The lowest BCUT2D eigenvalue weighted by Gasteiger charge is -2.15. The fourth-order valence-electron chi connectivity index (χ4n) is 1.49. The van der Waals surface area contributed by atoms with Crippen molar-refractivity contribution in [3.63, 3.8) is 0 Å². The van der Waals surface area contributed by atoms with Gasteiger partial charge in [-0.3, -0.25) is 0 Å².